The number of anilines is 2. The highest BCUT2D eigenvalue weighted by Crippen LogP contribution is 2.27. The van der Waals surface area contributed by atoms with Crippen LogP contribution in [-0.2, 0) is 11.3 Å². The van der Waals surface area contributed by atoms with Gasteiger partial charge in [0.2, 0.25) is 5.91 Å². The predicted octanol–water partition coefficient (Wildman–Crippen LogP) is 3.28. The molecule has 2 aromatic rings. The zero-order chi connectivity index (χ0) is 19.6. The van der Waals surface area contributed by atoms with Gasteiger partial charge in [0, 0.05) is 31.0 Å². The Balaban J connectivity index is 1.82. The summed E-state index contributed by atoms with van der Waals surface area (Å²) < 4.78 is 10.5. The second kappa shape index (κ2) is 10.3. The molecule has 6 nitrogen and oxygen atoms in total. The molecule has 2 aromatic carbocycles. The molecule has 0 aliphatic rings. The van der Waals surface area contributed by atoms with Crippen LogP contribution in [0.15, 0.2) is 42.5 Å². The maximum atomic E-state index is 12.1. The van der Waals surface area contributed by atoms with Gasteiger partial charge in [0.05, 0.1) is 20.8 Å². The van der Waals surface area contributed by atoms with E-state index in [1.165, 1.54) is 5.69 Å². The zero-order valence-electron chi connectivity index (χ0n) is 16.5. The first-order valence-corrected chi connectivity index (χ1v) is 9.17. The van der Waals surface area contributed by atoms with Crippen LogP contribution in [0, 0.1) is 0 Å². The van der Waals surface area contributed by atoms with Crippen LogP contribution in [0.1, 0.15) is 19.4 Å². The smallest absolute Gasteiger partial charge is 0.239 e. The first-order valence-electron chi connectivity index (χ1n) is 9.17. The minimum absolute atomic E-state index is 0.0717. The van der Waals surface area contributed by atoms with Gasteiger partial charge in [0.1, 0.15) is 0 Å². The van der Waals surface area contributed by atoms with Crippen LogP contribution < -0.4 is 25.0 Å². The maximum Gasteiger partial charge on any atom is 0.239 e. The summed E-state index contributed by atoms with van der Waals surface area (Å²) in [7, 11) is 3.19. The summed E-state index contributed by atoms with van der Waals surface area (Å²) in [4.78, 5) is 14.4. The van der Waals surface area contributed by atoms with Gasteiger partial charge in [-0.25, -0.2) is 0 Å². The molecule has 2 rings (SSSR count). The van der Waals surface area contributed by atoms with Crippen molar-refractivity contribution < 1.29 is 14.3 Å². The van der Waals surface area contributed by atoms with E-state index in [2.05, 4.69) is 41.5 Å². The highest BCUT2D eigenvalue weighted by Gasteiger charge is 2.07. The lowest BCUT2D eigenvalue weighted by Gasteiger charge is -2.21. The van der Waals surface area contributed by atoms with E-state index in [9.17, 15) is 4.79 Å². The van der Waals surface area contributed by atoms with Crippen LogP contribution in [0.5, 0.6) is 11.5 Å². The van der Waals surface area contributed by atoms with Crippen LogP contribution in [0.2, 0.25) is 0 Å². The summed E-state index contributed by atoms with van der Waals surface area (Å²) in [5.74, 6) is 1.25. The Morgan fingerprint density at radius 2 is 1.63 bits per heavy atom. The number of hydrogen-bond donors (Lipinski definition) is 2. The van der Waals surface area contributed by atoms with E-state index < -0.39 is 0 Å². The molecule has 0 spiro atoms. The molecule has 1 amide bonds. The van der Waals surface area contributed by atoms with Gasteiger partial charge >= 0.3 is 0 Å². The van der Waals surface area contributed by atoms with Crippen molar-refractivity contribution in [1.29, 1.82) is 0 Å². The van der Waals surface area contributed by atoms with Gasteiger partial charge in [-0.05, 0) is 55.8 Å². The molecule has 0 saturated heterocycles. The standard InChI is InChI=1S/C21H29N3O3/c1-5-24(6-2)18-10-8-17(9-11-18)22-15-21(25)23-14-16-7-12-19(26-3)20(13-16)27-4/h7-13,22H,5-6,14-15H2,1-4H3,(H,23,25). The van der Waals surface area contributed by atoms with E-state index in [4.69, 9.17) is 9.47 Å². The topological polar surface area (TPSA) is 62.8 Å². The molecule has 0 heterocycles. The minimum atomic E-state index is -0.0717. The number of benzene rings is 2. The molecule has 27 heavy (non-hydrogen) atoms. The van der Waals surface area contributed by atoms with Crippen LogP contribution in [0.3, 0.4) is 0 Å². The maximum absolute atomic E-state index is 12.1. The predicted molar refractivity (Wildman–Crippen MR) is 110 cm³/mol. The molecule has 0 radical (unpaired) electrons. The molecule has 0 unspecified atom stereocenters. The molecule has 0 fully saturated rings. The molecule has 2 N–H and O–H groups in total. The van der Waals surface area contributed by atoms with Crippen LogP contribution >= 0.6 is 0 Å². The number of nitrogens with zero attached hydrogens (tertiary/aromatic N) is 1. The van der Waals surface area contributed by atoms with Crippen LogP contribution in [-0.4, -0.2) is 39.8 Å². The van der Waals surface area contributed by atoms with Crippen molar-refractivity contribution in [1.82, 2.24) is 5.32 Å². The van der Waals surface area contributed by atoms with Gasteiger partial charge in [-0.3, -0.25) is 4.79 Å². The Kier molecular flexibility index (Phi) is 7.79. The lowest BCUT2D eigenvalue weighted by atomic mass is 10.2. The van der Waals surface area contributed by atoms with Gasteiger partial charge in [-0.15, -0.1) is 0 Å². The fraction of sp³-hybridized carbons (Fsp3) is 0.381. The number of carbonyl (C=O) groups is 1. The van der Waals surface area contributed by atoms with Gasteiger partial charge in [-0.2, -0.15) is 0 Å². The number of rotatable bonds is 10. The fourth-order valence-electron chi connectivity index (χ4n) is 2.81. The Bertz CT molecular complexity index is 728. The third-order valence-electron chi connectivity index (χ3n) is 4.39. The normalized spacial score (nSPS) is 10.2. The lowest BCUT2D eigenvalue weighted by molar-refractivity contribution is -0.119. The molecule has 0 aliphatic heterocycles. The number of methoxy groups -OCH3 is 2. The highest BCUT2D eigenvalue weighted by atomic mass is 16.5. The molecule has 146 valence electrons. The van der Waals surface area contributed by atoms with E-state index in [0.29, 0.717) is 18.0 Å². The summed E-state index contributed by atoms with van der Waals surface area (Å²) in [5.41, 5.74) is 3.06. The lowest BCUT2D eigenvalue weighted by Crippen LogP contribution is -2.29. The Hall–Kier alpha value is -2.89. The Morgan fingerprint density at radius 3 is 2.22 bits per heavy atom. The van der Waals surface area contributed by atoms with Gasteiger partial charge in [0.25, 0.3) is 0 Å². The first-order chi connectivity index (χ1) is 13.1. The number of ether oxygens (including phenoxy) is 2. The molecule has 0 saturated carbocycles. The number of nitrogens with one attached hydrogen (secondary N) is 2. The van der Waals surface area contributed by atoms with E-state index in [1.807, 2.05) is 30.3 Å². The molecular formula is C21H29N3O3. The van der Waals surface area contributed by atoms with Gasteiger partial charge < -0.3 is 25.0 Å². The summed E-state index contributed by atoms with van der Waals surface area (Å²) in [6.45, 7) is 6.88. The van der Waals surface area contributed by atoms with Crippen molar-refractivity contribution >= 4 is 17.3 Å². The molecule has 0 aliphatic carbocycles. The monoisotopic (exact) mass is 371 g/mol. The summed E-state index contributed by atoms with van der Waals surface area (Å²) in [6, 6.07) is 13.7. The molecule has 0 bridgehead atoms. The first kappa shape index (κ1) is 20.4. The van der Waals surface area contributed by atoms with Gasteiger partial charge in [-0.1, -0.05) is 6.07 Å². The molecule has 0 atom stereocenters. The minimum Gasteiger partial charge on any atom is -0.493 e. The third kappa shape index (κ3) is 5.81. The van der Waals surface area contributed by atoms with Crippen molar-refractivity contribution in [2.24, 2.45) is 0 Å². The largest absolute Gasteiger partial charge is 0.493 e. The van der Waals surface area contributed by atoms with Crippen molar-refractivity contribution in [3.05, 3.63) is 48.0 Å². The highest BCUT2D eigenvalue weighted by molar-refractivity contribution is 5.80. The molecule has 6 heteroatoms. The van der Waals surface area contributed by atoms with Crippen molar-refractivity contribution in [3.63, 3.8) is 0 Å². The van der Waals surface area contributed by atoms with Crippen molar-refractivity contribution in [3.8, 4) is 11.5 Å². The van der Waals surface area contributed by atoms with E-state index >= 15 is 0 Å². The quantitative estimate of drug-likeness (QED) is 0.671. The zero-order valence-corrected chi connectivity index (χ0v) is 16.5. The summed E-state index contributed by atoms with van der Waals surface area (Å²) in [5, 5.41) is 6.05. The van der Waals surface area contributed by atoms with Crippen molar-refractivity contribution in [2.75, 3.05) is 44.1 Å². The van der Waals surface area contributed by atoms with E-state index in [1.54, 1.807) is 14.2 Å². The Morgan fingerprint density at radius 1 is 0.963 bits per heavy atom. The van der Waals surface area contributed by atoms with Gasteiger partial charge in [0.15, 0.2) is 11.5 Å². The van der Waals surface area contributed by atoms with E-state index in [-0.39, 0.29) is 12.5 Å². The van der Waals surface area contributed by atoms with E-state index in [0.717, 1.165) is 24.3 Å². The Labute approximate surface area is 161 Å². The average molecular weight is 371 g/mol. The molecule has 0 aromatic heterocycles. The summed E-state index contributed by atoms with van der Waals surface area (Å²) >= 11 is 0. The number of carbonyl (C=O) groups excluding carboxylic acids is 1. The van der Waals surface area contributed by atoms with Crippen LogP contribution in [0.4, 0.5) is 11.4 Å². The second-order valence-electron chi connectivity index (χ2n) is 6.04. The molecular weight excluding hydrogens is 342 g/mol. The number of amides is 1. The van der Waals surface area contributed by atoms with Crippen LogP contribution in [0.25, 0.3) is 0 Å². The third-order valence-corrected chi connectivity index (χ3v) is 4.39. The fourth-order valence-corrected chi connectivity index (χ4v) is 2.81. The second-order valence-corrected chi connectivity index (χ2v) is 6.04. The SMILES string of the molecule is CCN(CC)c1ccc(NCC(=O)NCc2ccc(OC)c(OC)c2)cc1. The summed E-state index contributed by atoms with van der Waals surface area (Å²) in [6.07, 6.45) is 0. The average Bonchev–Trinajstić information content (AvgIpc) is 2.72. The number of hydrogen-bond acceptors (Lipinski definition) is 5. The van der Waals surface area contributed by atoms with Crippen molar-refractivity contribution in [2.45, 2.75) is 20.4 Å².